The van der Waals surface area contributed by atoms with Crippen molar-refractivity contribution >= 4 is 11.8 Å². The standard InChI is InChI=1S/C24H26N2O3/c1-16-5-4-6-17(15-16)22-21(24(28)25-11-13-29-14-12-25)19-7-2-3-8-20(19)23(27)26(22)18-9-10-18/h2-8,15,18,21-22H,9-14H2,1H3/t21-,22+/m1/s1. The first-order valence-electron chi connectivity index (χ1n) is 10.5. The topological polar surface area (TPSA) is 49.9 Å². The van der Waals surface area contributed by atoms with Crippen molar-refractivity contribution < 1.29 is 14.3 Å². The molecule has 2 amide bonds. The minimum absolute atomic E-state index is 0.0561. The van der Waals surface area contributed by atoms with E-state index in [0.29, 0.717) is 31.9 Å². The van der Waals surface area contributed by atoms with Crippen molar-refractivity contribution in [1.82, 2.24) is 9.80 Å². The van der Waals surface area contributed by atoms with E-state index in [9.17, 15) is 9.59 Å². The number of ether oxygens (including phenoxy) is 1. The minimum atomic E-state index is -0.385. The Kier molecular flexibility index (Phi) is 4.63. The normalized spacial score (nSPS) is 24.4. The maximum absolute atomic E-state index is 13.8. The molecule has 2 aliphatic heterocycles. The zero-order valence-electron chi connectivity index (χ0n) is 16.7. The van der Waals surface area contributed by atoms with E-state index in [-0.39, 0.29) is 29.8 Å². The summed E-state index contributed by atoms with van der Waals surface area (Å²) in [5.74, 6) is -0.226. The zero-order valence-corrected chi connectivity index (χ0v) is 16.7. The van der Waals surface area contributed by atoms with Gasteiger partial charge in [-0.1, -0.05) is 48.0 Å². The highest BCUT2D eigenvalue weighted by atomic mass is 16.5. The number of hydrogen-bond donors (Lipinski definition) is 0. The first-order chi connectivity index (χ1) is 14.1. The van der Waals surface area contributed by atoms with Crippen LogP contribution in [0.5, 0.6) is 0 Å². The second-order valence-corrected chi connectivity index (χ2v) is 8.31. The van der Waals surface area contributed by atoms with E-state index >= 15 is 0 Å². The van der Waals surface area contributed by atoms with Crippen molar-refractivity contribution in [2.45, 2.75) is 37.8 Å². The Morgan fingerprint density at radius 1 is 1.03 bits per heavy atom. The van der Waals surface area contributed by atoms with Gasteiger partial charge >= 0.3 is 0 Å². The molecule has 5 heteroatoms. The Labute approximate surface area is 171 Å². The molecule has 2 aromatic carbocycles. The third-order valence-electron chi connectivity index (χ3n) is 6.29. The van der Waals surface area contributed by atoms with Gasteiger partial charge in [-0.2, -0.15) is 0 Å². The Morgan fingerprint density at radius 3 is 2.52 bits per heavy atom. The number of amides is 2. The van der Waals surface area contributed by atoms with Gasteiger partial charge in [0.15, 0.2) is 0 Å². The van der Waals surface area contributed by atoms with E-state index < -0.39 is 0 Å². The Balaban J connectivity index is 1.66. The summed E-state index contributed by atoms with van der Waals surface area (Å²) in [6, 6.07) is 15.9. The van der Waals surface area contributed by atoms with Gasteiger partial charge in [0.2, 0.25) is 5.91 Å². The average Bonchev–Trinajstić information content (AvgIpc) is 3.59. The smallest absolute Gasteiger partial charge is 0.254 e. The molecule has 150 valence electrons. The molecule has 1 saturated carbocycles. The highest BCUT2D eigenvalue weighted by Gasteiger charge is 2.49. The molecule has 0 spiro atoms. The number of hydrogen-bond acceptors (Lipinski definition) is 3. The summed E-state index contributed by atoms with van der Waals surface area (Å²) in [5, 5.41) is 0. The molecule has 0 unspecified atom stereocenters. The van der Waals surface area contributed by atoms with E-state index in [4.69, 9.17) is 4.74 Å². The second kappa shape index (κ2) is 7.30. The summed E-state index contributed by atoms with van der Waals surface area (Å²) in [6.07, 6.45) is 2.02. The van der Waals surface area contributed by atoms with Gasteiger partial charge in [-0.3, -0.25) is 9.59 Å². The van der Waals surface area contributed by atoms with Gasteiger partial charge in [0.1, 0.15) is 0 Å². The maximum Gasteiger partial charge on any atom is 0.254 e. The average molecular weight is 390 g/mol. The lowest BCUT2D eigenvalue weighted by molar-refractivity contribution is -0.138. The van der Waals surface area contributed by atoms with Crippen molar-refractivity contribution in [2.75, 3.05) is 26.3 Å². The van der Waals surface area contributed by atoms with Crippen LogP contribution in [0.25, 0.3) is 0 Å². The summed E-state index contributed by atoms with van der Waals surface area (Å²) in [7, 11) is 0. The molecule has 1 aliphatic carbocycles. The van der Waals surface area contributed by atoms with Crippen LogP contribution in [-0.2, 0) is 9.53 Å². The van der Waals surface area contributed by atoms with Crippen LogP contribution in [0.3, 0.4) is 0 Å². The second-order valence-electron chi connectivity index (χ2n) is 8.31. The molecule has 0 bridgehead atoms. The maximum atomic E-state index is 13.8. The molecule has 5 rings (SSSR count). The van der Waals surface area contributed by atoms with Crippen LogP contribution in [0, 0.1) is 6.92 Å². The Morgan fingerprint density at radius 2 is 1.79 bits per heavy atom. The molecule has 0 aromatic heterocycles. The number of carbonyl (C=O) groups is 2. The van der Waals surface area contributed by atoms with Crippen LogP contribution in [0.15, 0.2) is 48.5 Å². The lowest BCUT2D eigenvalue weighted by Crippen LogP contribution is -2.51. The molecule has 29 heavy (non-hydrogen) atoms. The molecule has 2 heterocycles. The number of nitrogens with zero attached hydrogens (tertiary/aromatic N) is 2. The molecule has 2 atom stereocenters. The minimum Gasteiger partial charge on any atom is -0.378 e. The number of rotatable bonds is 3. The van der Waals surface area contributed by atoms with Gasteiger partial charge in [-0.25, -0.2) is 0 Å². The van der Waals surface area contributed by atoms with Gasteiger partial charge in [-0.05, 0) is 37.0 Å². The first-order valence-corrected chi connectivity index (χ1v) is 10.5. The molecule has 1 saturated heterocycles. The lowest BCUT2D eigenvalue weighted by Gasteiger charge is -2.44. The fourth-order valence-electron chi connectivity index (χ4n) is 4.76. The molecule has 3 aliphatic rings. The highest BCUT2D eigenvalue weighted by molar-refractivity contribution is 6.01. The lowest BCUT2D eigenvalue weighted by atomic mass is 9.78. The summed E-state index contributed by atoms with van der Waals surface area (Å²) in [5.41, 5.74) is 3.72. The molecular formula is C24H26N2O3. The molecule has 0 radical (unpaired) electrons. The molecule has 5 nitrogen and oxygen atoms in total. The number of morpholine rings is 1. The third kappa shape index (κ3) is 3.23. The third-order valence-corrected chi connectivity index (χ3v) is 6.29. The molecular weight excluding hydrogens is 364 g/mol. The molecule has 2 aromatic rings. The number of benzene rings is 2. The van der Waals surface area contributed by atoms with Gasteiger partial charge in [0, 0.05) is 24.7 Å². The van der Waals surface area contributed by atoms with Crippen molar-refractivity contribution in [3.8, 4) is 0 Å². The van der Waals surface area contributed by atoms with Crippen molar-refractivity contribution in [1.29, 1.82) is 0 Å². The molecule has 2 fully saturated rings. The van der Waals surface area contributed by atoms with E-state index in [1.807, 2.05) is 40.1 Å². The SMILES string of the molecule is Cc1cccc([C@H]2[C@H](C(=O)N3CCOCC3)c3ccccc3C(=O)N2C2CC2)c1. The summed E-state index contributed by atoms with van der Waals surface area (Å²) >= 11 is 0. The van der Waals surface area contributed by atoms with E-state index in [2.05, 4.69) is 25.1 Å². The number of aryl methyl sites for hydroxylation is 1. The largest absolute Gasteiger partial charge is 0.378 e. The summed E-state index contributed by atoms with van der Waals surface area (Å²) < 4.78 is 5.46. The number of fused-ring (bicyclic) bond motifs is 1. The highest BCUT2D eigenvalue weighted by Crippen LogP contribution is 2.48. The van der Waals surface area contributed by atoms with E-state index in [1.54, 1.807) is 0 Å². The summed E-state index contributed by atoms with van der Waals surface area (Å²) in [4.78, 5) is 31.2. The predicted molar refractivity (Wildman–Crippen MR) is 110 cm³/mol. The Bertz CT molecular complexity index is 947. The van der Waals surface area contributed by atoms with Gasteiger partial charge in [0.05, 0.1) is 25.2 Å². The number of carbonyl (C=O) groups excluding carboxylic acids is 2. The summed E-state index contributed by atoms with van der Waals surface area (Å²) in [6.45, 7) is 4.41. The van der Waals surface area contributed by atoms with Gasteiger partial charge < -0.3 is 14.5 Å². The van der Waals surface area contributed by atoms with Crippen molar-refractivity contribution in [3.05, 3.63) is 70.8 Å². The van der Waals surface area contributed by atoms with Crippen LogP contribution < -0.4 is 0 Å². The van der Waals surface area contributed by atoms with Crippen LogP contribution >= 0.6 is 0 Å². The van der Waals surface area contributed by atoms with Crippen LogP contribution in [-0.4, -0.2) is 54.0 Å². The predicted octanol–water partition coefficient (Wildman–Crippen LogP) is 3.30. The van der Waals surface area contributed by atoms with E-state index in [1.165, 1.54) is 0 Å². The van der Waals surface area contributed by atoms with Crippen LogP contribution in [0.1, 0.15) is 51.8 Å². The molecule has 0 N–H and O–H groups in total. The van der Waals surface area contributed by atoms with Gasteiger partial charge in [-0.15, -0.1) is 0 Å². The fraction of sp³-hybridized carbons (Fsp3) is 0.417. The van der Waals surface area contributed by atoms with Crippen LogP contribution in [0.2, 0.25) is 0 Å². The first kappa shape index (κ1) is 18.4. The quantitative estimate of drug-likeness (QED) is 0.808. The van der Waals surface area contributed by atoms with Gasteiger partial charge in [0.25, 0.3) is 5.91 Å². The Hall–Kier alpha value is -2.66. The monoisotopic (exact) mass is 390 g/mol. The van der Waals surface area contributed by atoms with Crippen molar-refractivity contribution in [2.24, 2.45) is 0 Å². The van der Waals surface area contributed by atoms with Crippen molar-refractivity contribution in [3.63, 3.8) is 0 Å². The fourth-order valence-corrected chi connectivity index (χ4v) is 4.76. The zero-order chi connectivity index (χ0) is 20.0. The van der Waals surface area contributed by atoms with Crippen LogP contribution in [0.4, 0.5) is 0 Å². The van der Waals surface area contributed by atoms with E-state index in [0.717, 1.165) is 29.5 Å².